The predicted molar refractivity (Wildman–Crippen MR) is 69.1 cm³/mol. The van der Waals surface area contributed by atoms with Crippen LogP contribution in [0.3, 0.4) is 0 Å². The zero-order valence-electron chi connectivity index (χ0n) is 11.1. The standard InChI is InChI=1S/C14H19NO3/c1-4-12-11-8-14(18-3)13(17-2)7-10(11)5-6-15(12)9-16/h7-9,12H,4-6H2,1-3H3. The van der Waals surface area contributed by atoms with Crippen LogP contribution in [0.5, 0.6) is 11.5 Å². The molecule has 1 aromatic carbocycles. The van der Waals surface area contributed by atoms with Gasteiger partial charge in [0.25, 0.3) is 0 Å². The van der Waals surface area contributed by atoms with Gasteiger partial charge < -0.3 is 14.4 Å². The molecular weight excluding hydrogens is 230 g/mol. The van der Waals surface area contributed by atoms with E-state index in [1.807, 2.05) is 17.0 Å². The minimum atomic E-state index is 0.144. The fourth-order valence-corrected chi connectivity index (χ4v) is 2.63. The molecule has 0 spiro atoms. The number of hydrogen-bond donors (Lipinski definition) is 0. The van der Waals surface area contributed by atoms with Crippen LogP contribution in [-0.2, 0) is 11.2 Å². The van der Waals surface area contributed by atoms with E-state index in [1.165, 1.54) is 11.1 Å². The molecule has 1 heterocycles. The van der Waals surface area contributed by atoms with E-state index in [-0.39, 0.29) is 6.04 Å². The molecule has 2 rings (SSSR count). The molecule has 0 bridgehead atoms. The van der Waals surface area contributed by atoms with Crippen molar-refractivity contribution in [2.45, 2.75) is 25.8 Å². The molecule has 1 unspecified atom stereocenters. The second-order valence-electron chi connectivity index (χ2n) is 4.42. The van der Waals surface area contributed by atoms with Gasteiger partial charge in [-0.05, 0) is 36.1 Å². The van der Waals surface area contributed by atoms with Gasteiger partial charge in [-0.15, -0.1) is 0 Å². The monoisotopic (exact) mass is 249 g/mol. The topological polar surface area (TPSA) is 38.8 Å². The lowest BCUT2D eigenvalue weighted by atomic mass is 9.91. The van der Waals surface area contributed by atoms with E-state index < -0.39 is 0 Å². The van der Waals surface area contributed by atoms with Crippen molar-refractivity contribution in [2.24, 2.45) is 0 Å². The zero-order chi connectivity index (χ0) is 13.1. The van der Waals surface area contributed by atoms with Crippen molar-refractivity contribution in [1.82, 2.24) is 4.90 Å². The summed E-state index contributed by atoms with van der Waals surface area (Å²) in [5, 5.41) is 0. The summed E-state index contributed by atoms with van der Waals surface area (Å²) in [6.07, 6.45) is 2.71. The van der Waals surface area contributed by atoms with Crippen molar-refractivity contribution in [3.63, 3.8) is 0 Å². The number of hydrogen-bond acceptors (Lipinski definition) is 3. The van der Waals surface area contributed by atoms with Crippen molar-refractivity contribution >= 4 is 6.41 Å². The molecule has 0 fully saturated rings. The predicted octanol–water partition coefficient (Wildman–Crippen LogP) is 2.17. The third-order valence-electron chi connectivity index (χ3n) is 3.57. The van der Waals surface area contributed by atoms with Crippen LogP contribution in [0.4, 0.5) is 0 Å². The van der Waals surface area contributed by atoms with Gasteiger partial charge >= 0.3 is 0 Å². The zero-order valence-corrected chi connectivity index (χ0v) is 11.1. The summed E-state index contributed by atoms with van der Waals surface area (Å²) < 4.78 is 10.6. The van der Waals surface area contributed by atoms with Crippen LogP contribution in [0, 0.1) is 0 Å². The molecule has 0 saturated carbocycles. The maximum atomic E-state index is 11.1. The Morgan fingerprint density at radius 2 is 2.00 bits per heavy atom. The van der Waals surface area contributed by atoms with E-state index in [2.05, 4.69) is 6.92 Å². The number of rotatable bonds is 4. The number of amides is 1. The molecular formula is C14H19NO3. The van der Waals surface area contributed by atoms with Crippen LogP contribution in [0.25, 0.3) is 0 Å². The van der Waals surface area contributed by atoms with Gasteiger partial charge in [0.15, 0.2) is 11.5 Å². The molecule has 4 heteroatoms. The van der Waals surface area contributed by atoms with E-state index in [1.54, 1.807) is 14.2 Å². The van der Waals surface area contributed by atoms with Crippen molar-refractivity contribution in [3.05, 3.63) is 23.3 Å². The average Bonchev–Trinajstić information content (AvgIpc) is 2.44. The Morgan fingerprint density at radius 1 is 1.33 bits per heavy atom. The van der Waals surface area contributed by atoms with Crippen LogP contribution in [0.15, 0.2) is 12.1 Å². The van der Waals surface area contributed by atoms with E-state index in [0.29, 0.717) is 0 Å². The smallest absolute Gasteiger partial charge is 0.210 e. The Hall–Kier alpha value is -1.71. The maximum Gasteiger partial charge on any atom is 0.210 e. The summed E-state index contributed by atoms with van der Waals surface area (Å²) in [7, 11) is 3.27. The first-order valence-electron chi connectivity index (χ1n) is 6.21. The van der Waals surface area contributed by atoms with Crippen molar-refractivity contribution < 1.29 is 14.3 Å². The van der Waals surface area contributed by atoms with Gasteiger partial charge in [0, 0.05) is 6.54 Å². The number of carbonyl (C=O) groups is 1. The average molecular weight is 249 g/mol. The van der Waals surface area contributed by atoms with Crippen LogP contribution in [0.2, 0.25) is 0 Å². The van der Waals surface area contributed by atoms with E-state index in [0.717, 1.165) is 37.3 Å². The normalized spacial score (nSPS) is 18.2. The first-order valence-corrected chi connectivity index (χ1v) is 6.21. The minimum absolute atomic E-state index is 0.144. The molecule has 18 heavy (non-hydrogen) atoms. The molecule has 0 aliphatic carbocycles. The van der Waals surface area contributed by atoms with E-state index >= 15 is 0 Å². The van der Waals surface area contributed by atoms with Gasteiger partial charge in [-0.2, -0.15) is 0 Å². The SMILES string of the molecule is CCC1c2cc(OC)c(OC)cc2CCN1C=O. The number of fused-ring (bicyclic) bond motifs is 1. The van der Waals surface area contributed by atoms with Gasteiger partial charge in [-0.25, -0.2) is 0 Å². The highest BCUT2D eigenvalue weighted by Crippen LogP contribution is 2.38. The Bertz CT molecular complexity index is 445. The Balaban J connectivity index is 2.48. The summed E-state index contributed by atoms with van der Waals surface area (Å²) >= 11 is 0. The lowest BCUT2D eigenvalue weighted by Gasteiger charge is -2.34. The molecule has 0 aromatic heterocycles. The highest BCUT2D eigenvalue weighted by molar-refractivity contribution is 5.54. The van der Waals surface area contributed by atoms with Gasteiger partial charge in [0.1, 0.15) is 0 Å². The minimum Gasteiger partial charge on any atom is -0.493 e. The van der Waals surface area contributed by atoms with Crippen LogP contribution < -0.4 is 9.47 Å². The number of methoxy groups -OCH3 is 2. The molecule has 1 amide bonds. The van der Waals surface area contributed by atoms with Crippen LogP contribution in [-0.4, -0.2) is 32.1 Å². The maximum absolute atomic E-state index is 11.1. The van der Waals surface area contributed by atoms with Gasteiger partial charge in [-0.3, -0.25) is 4.79 Å². The lowest BCUT2D eigenvalue weighted by molar-refractivity contribution is -0.120. The first kappa shape index (κ1) is 12.7. The molecule has 4 nitrogen and oxygen atoms in total. The lowest BCUT2D eigenvalue weighted by Crippen LogP contribution is -2.34. The molecule has 1 aliphatic heterocycles. The molecule has 98 valence electrons. The van der Waals surface area contributed by atoms with Gasteiger partial charge in [0.2, 0.25) is 6.41 Å². The van der Waals surface area contributed by atoms with E-state index in [4.69, 9.17) is 9.47 Å². The fraction of sp³-hybridized carbons (Fsp3) is 0.500. The first-order chi connectivity index (χ1) is 8.74. The fourth-order valence-electron chi connectivity index (χ4n) is 2.63. The molecule has 0 radical (unpaired) electrons. The molecule has 1 atom stereocenters. The summed E-state index contributed by atoms with van der Waals surface area (Å²) in [5.41, 5.74) is 2.42. The van der Waals surface area contributed by atoms with Gasteiger partial charge in [0.05, 0.1) is 20.3 Å². The third-order valence-corrected chi connectivity index (χ3v) is 3.57. The number of carbonyl (C=O) groups excluding carboxylic acids is 1. The Labute approximate surface area is 107 Å². The molecule has 1 aromatic rings. The van der Waals surface area contributed by atoms with Crippen molar-refractivity contribution in [3.8, 4) is 11.5 Å². The van der Waals surface area contributed by atoms with Crippen molar-refractivity contribution in [2.75, 3.05) is 20.8 Å². The Morgan fingerprint density at radius 3 is 2.56 bits per heavy atom. The van der Waals surface area contributed by atoms with Crippen LogP contribution in [0.1, 0.15) is 30.5 Å². The largest absolute Gasteiger partial charge is 0.493 e. The van der Waals surface area contributed by atoms with Crippen LogP contribution >= 0.6 is 0 Å². The number of nitrogens with zero attached hydrogens (tertiary/aromatic N) is 1. The summed E-state index contributed by atoms with van der Waals surface area (Å²) in [6.45, 7) is 2.86. The molecule has 0 saturated heterocycles. The number of ether oxygens (including phenoxy) is 2. The quantitative estimate of drug-likeness (QED) is 0.768. The van der Waals surface area contributed by atoms with Gasteiger partial charge in [-0.1, -0.05) is 6.92 Å². The van der Waals surface area contributed by atoms with Crippen molar-refractivity contribution in [1.29, 1.82) is 0 Å². The molecule has 0 N–H and O–H groups in total. The molecule has 1 aliphatic rings. The highest BCUT2D eigenvalue weighted by Gasteiger charge is 2.26. The highest BCUT2D eigenvalue weighted by atomic mass is 16.5. The second kappa shape index (κ2) is 5.29. The summed E-state index contributed by atoms with van der Waals surface area (Å²) in [6, 6.07) is 4.17. The Kier molecular flexibility index (Phi) is 3.75. The van der Waals surface area contributed by atoms with E-state index in [9.17, 15) is 4.79 Å². The summed E-state index contributed by atoms with van der Waals surface area (Å²) in [4.78, 5) is 12.9. The summed E-state index contributed by atoms with van der Waals surface area (Å²) in [5.74, 6) is 1.48. The second-order valence-corrected chi connectivity index (χ2v) is 4.42. The number of benzene rings is 1. The third kappa shape index (κ3) is 2.03.